The second kappa shape index (κ2) is 14.2. The van der Waals surface area contributed by atoms with Crippen LogP contribution < -0.4 is 21.7 Å². The highest BCUT2D eigenvalue weighted by molar-refractivity contribution is 5.96. The average molecular weight is 616 g/mol. The zero-order valence-corrected chi connectivity index (χ0v) is 24.6. The van der Waals surface area contributed by atoms with Gasteiger partial charge >= 0.3 is 0 Å². The normalized spacial score (nSPS) is 16.7. The van der Waals surface area contributed by atoms with Crippen molar-refractivity contribution < 1.29 is 29.1 Å². The van der Waals surface area contributed by atoms with Crippen LogP contribution >= 0.6 is 0 Å². The molecule has 3 heterocycles. The van der Waals surface area contributed by atoms with Crippen molar-refractivity contribution in [1.29, 1.82) is 0 Å². The summed E-state index contributed by atoms with van der Waals surface area (Å²) in [5, 5.41) is 19.4. The second-order valence-electron chi connectivity index (χ2n) is 11.1. The highest BCUT2D eigenvalue weighted by Gasteiger charge is 2.39. The van der Waals surface area contributed by atoms with Crippen LogP contribution in [0.4, 0.5) is 0 Å². The molecule has 13 nitrogen and oxygen atoms in total. The number of aldehydes is 1. The molecule has 0 unspecified atom stereocenters. The summed E-state index contributed by atoms with van der Waals surface area (Å²) in [7, 11) is 0. The Balaban J connectivity index is 1.34. The second-order valence-corrected chi connectivity index (χ2v) is 11.1. The van der Waals surface area contributed by atoms with Gasteiger partial charge in [-0.3, -0.25) is 19.2 Å². The lowest BCUT2D eigenvalue weighted by Gasteiger charge is -2.30. The minimum atomic E-state index is -1.32. The number of hydrogen-bond donors (Lipinski definition) is 7. The zero-order valence-electron chi connectivity index (χ0n) is 24.6. The first kappa shape index (κ1) is 31.4. The lowest BCUT2D eigenvalue weighted by Crippen LogP contribution is -2.58. The van der Waals surface area contributed by atoms with Crippen LogP contribution in [0.3, 0.4) is 0 Å². The molecule has 4 aromatic rings. The van der Waals surface area contributed by atoms with Gasteiger partial charge in [-0.05, 0) is 36.1 Å². The Labute approximate surface area is 258 Å². The maximum absolute atomic E-state index is 14.1. The number of aromatic nitrogens is 2. The Morgan fingerprint density at radius 1 is 0.911 bits per heavy atom. The van der Waals surface area contributed by atoms with E-state index < -0.39 is 54.4 Å². The van der Waals surface area contributed by atoms with Gasteiger partial charge in [0.1, 0.15) is 24.4 Å². The number of carbonyl (C=O) groups excluding carboxylic acids is 5. The maximum atomic E-state index is 14.1. The van der Waals surface area contributed by atoms with Gasteiger partial charge < -0.3 is 46.5 Å². The van der Waals surface area contributed by atoms with E-state index in [9.17, 15) is 29.1 Å². The van der Waals surface area contributed by atoms with Crippen molar-refractivity contribution in [2.45, 2.75) is 49.9 Å². The van der Waals surface area contributed by atoms with E-state index in [1.807, 2.05) is 54.7 Å². The molecule has 236 valence electrons. The van der Waals surface area contributed by atoms with E-state index in [-0.39, 0.29) is 25.9 Å². The number of aliphatic hydroxyl groups excluding tert-OH is 1. The third kappa shape index (κ3) is 7.05. The van der Waals surface area contributed by atoms with E-state index in [4.69, 9.17) is 5.73 Å². The molecule has 0 bridgehead atoms. The largest absolute Gasteiger partial charge is 0.394 e. The molecule has 0 spiro atoms. The van der Waals surface area contributed by atoms with E-state index in [0.29, 0.717) is 19.1 Å². The van der Waals surface area contributed by atoms with Gasteiger partial charge in [0.25, 0.3) is 0 Å². The molecule has 1 fully saturated rings. The van der Waals surface area contributed by atoms with Gasteiger partial charge in [-0.1, -0.05) is 36.4 Å². The number of nitrogens with one attached hydrogen (secondary N) is 5. The number of aromatic amines is 2. The highest BCUT2D eigenvalue weighted by atomic mass is 16.3. The number of carbonyl (C=O) groups is 5. The Kier molecular flexibility index (Phi) is 9.90. The van der Waals surface area contributed by atoms with Crippen molar-refractivity contribution >= 4 is 51.7 Å². The standard InChI is InChI=1S/C32H37N7O6/c33-14-29(42)37-27(18-41)30(43)38-26(13-20-16-35-25-9-4-2-7-23(20)25)32(45)39-11-5-10-28(39)31(44)36-21(17-40)12-19-15-34-24-8-3-1-6-22(19)24/h1-4,6-9,15-17,21,26-28,34-35,41H,5,10-14,18,33H2,(H,36,44)(H,37,42)(H,38,43)/t21-,26-,27-,28-/m0/s1. The lowest BCUT2D eigenvalue weighted by molar-refractivity contribution is -0.142. The van der Waals surface area contributed by atoms with Crippen LogP contribution in [0.2, 0.25) is 0 Å². The molecule has 2 aromatic heterocycles. The monoisotopic (exact) mass is 615 g/mol. The predicted octanol–water partition coefficient (Wildman–Crippen LogP) is 0.0297. The van der Waals surface area contributed by atoms with E-state index in [0.717, 1.165) is 32.9 Å². The maximum Gasteiger partial charge on any atom is 0.246 e. The third-order valence-corrected chi connectivity index (χ3v) is 8.18. The fourth-order valence-corrected chi connectivity index (χ4v) is 5.89. The molecule has 1 aliphatic rings. The first-order valence-corrected chi connectivity index (χ1v) is 14.9. The smallest absolute Gasteiger partial charge is 0.246 e. The van der Waals surface area contributed by atoms with Crippen LogP contribution in [0.5, 0.6) is 0 Å². The fourth-order valence-electron chi connectivity index (χ4n) is 5.89. The number of nitrogens with two attached hydrogens (primary N) is 1. The van der Waals surface area contributed by atoms with Gasteiger partial charge in [0.2, 0.25) is 23.6 Å². The van der Waals surface area contributed by atoms with Crippen LogP contribution in [0.1, 0.15) is 24.0 Å². The number of fused-ring (bicyclic) bond motifs is 2. The molecule has 4 amide bonds. The summed E-state index contributed by atoms with van der Waals surface area (Å²) in [5.74, 6) is -2.36. The number of aliphatic hydroxyl groups is 1. The quantitative estimate of drug-likeness (QED) is 0.103. The van der Waals surface area contributed by atoms with Crippen molar-refractivity contribution in [3.8, 4) is 0 Å². The van der Waals surface area contributed by atoms with Gasteiger partial charge in [-0.2, -0.15) is 0 Å². The van der Waals surface area contributed by atoms with E-state index in [1.54, 1.807) is 6.20 Å². The minimum absolute atomic E-state index is 0.0833. The number of hydrogen-bond acceptors (Lipinski definition) is 7. The Morgan fingerprint density at radius 2 is 1.53 bits per heavy atom. The molecular weight excluding hydrogens is 578 g/mol. The van der Waals surface area contributed by atoms with Crippen molar-refractivity contribution in [2.24, 2.45) is 5.73 Å². The predicted molar refractivity (Wildman–Crippen MR) is 167 cm³/mol. The number of likely N-dealkylation sites (tertiary alicyclic amines) is 1. The van der Waals surface area contributed by atoms with Crippen molar-refractivity contribution in [3.05, 3.63) is 72.1 Å². The molecule has 13 heteroatoms. The van der Waals surface area contributed by atoms with Crippen LogP contribution in [0.15, 0.2) is 60.9 Å². The van der Waals surface area contributed by atoms with E-state index >= 15 is 0 Å². The van der Waals surface area contributed by atoms with Crippen LogP contribution in [0, 0.1) is 0 Å². The van der Waals surface area contributed by atoms with Gasteiger partial charge in [-0.25, -0.2) is 0 Å². The molecule has 5 rings (SSSR count). The van der Waals surface area contributed by atoms with Gasteiger partial charge in [0.05, 0.1) is 19.2 Å². The molecule has 0 saturated carbocycles. The minimum Gasteiger partial charge on any atom is -0.394 e. The van der Waals surface area contributed by atoms with Crippen LogP contribution in [0.25, 0.3) is 21.8 Å². The number of rotatable bonds is 13. The number of benzene rings is 2. The SMILES string of the molecule is NCC(=O)N[C@@H](CO)C(=O)N[C@@H](Cc1c[nH]c2ccccc12)C(=O)N1CCC[C@H]1C(=O)N[C@H](C=O)Cc1c[nH]c2ccccc12. The Morgan fingerprint density at radius 3 is 2.13 bits per heavy atom. The summed E-state index contributed by atoms with van der Waals surface area (Å²) in [6.45, 7) is -0.809. The van der Waals surface area contributed by atoms with Crippen molar-refractivity contribution in [3.63, 3.8) is 0 Å². The summed E-state index contributed by atoms with van der Waals surface area (Å²) in [6, 6.07) is 11.1. The van der Waals surface area contributed by atoms with Gasteiger partial charge in [0, 0.05) is 53.6 Å². The lowest BCUT2D eigenvalue weighted by atomic mass is 10.0. The number of amides is 4. The fraction of sp³-hybridized carbons (Fsp3) is 0.344. The number of nitrogens with zero attached hydrogens (tertiary/aromatic N) is 1. The molecule has 1 aliphatic heterocycles. The molecule has 4 atom stereocenters. The van der Waals surface area contributed by atoms with E-state index in [1.165, 1.54) is 4.90 Å². The first-order chi connectivity index (χ1) is 21.8. The van der Waals surface area contributed by atoms with Crippen molar-refractivity contribution in [2.75, 3.05) is 19.7 Å². The molecule has 2 aromatic carbocycles. The molecule has 0 radical (unpaired) electrons. The summed E-state index contributed by atoms with van der Waals surface area (Å²) < 4.78 is 0. The highest BCUT2D eigenvalue weighted by Crippen LogP contribution is 2.24. The number of H-pyrrole nitrogens is 2. The summed E-state index contributed by atoms with van der Waals surface area (Å²) in [4.78, 5) is 72.4. The Bertz CT molecular complexity index is 1700. The molecule has 1 saturated heterocycles. The summed E-state index contributed by atoms with van der Waals surface area (Å²) >= 11 is 0. The Hall–Kier alpha value is -5.01. The molecular formula is C32H37N7O6. The van der Waals surface area contributed by atoms with Crippen molar-refractivity contribution in [1.82, 2.24) is 30.8 Å². The molecule has 8 N–H and O–H groups in total. The van der Waals surface area contributed by atoms with Gasteiger partial charge in [0.15, 0.2) is 0 Å². The first-order valence-electron chi connectivity index (χ1n) is 14.9. The van der Waals surface area contributed by atoms with E-state index in [2.05, 4.69) is 25.9 Å². The summed E-state index contributed by atoms with van der Waals surface area (Å²) in [5.41, 5.74) is 8.76. The summed E-state index contributed by atoms with van der Waals surface area (Å²) in [6.07, 6.45) is 5.55. The van der Waals surface area contributed by atoms with Crippen LogP contribution in [-0.2, 0) is 36.8 Å². The average Bonchev–Trinajstić information content (AvgIpc) is 3.81. The topological polar surface area (TPSA) is 203 Å². The number of para-hydroxylation sites is 2. The molecule has 45 heavy (non-hydrogen) atoms. The molecule has 0 aliphatic carbocycles. The van der Waals surface area contributed by atoms with Gasteiger partial charge in [-0.15, -0.1) is 0 Å². The van der Waals surface area contributed by atoms with Crippen LogP contribution in [-0.4, -0.2) is 93.8 Å². The third-order valence-electron chi connectivity index (χ3n) is 8.18. The zero-order chi connectivity index (χ0) is 31.9.